The molecule has 1 aliphatic heterocycles. The minimum absolute atomic E-state index is 0.442. The number of para-hydroxylation sites is 2. The maximum absolute atomic E-state index is 6.08. The number of rotatable bonds is 7. The summed E-state index contributed by atoms with van der Waals surface area (Å²) in [6, 6.07) is 17.7. The van der Waals surface area contributed by atoms with Crippen LogP contribution in [0.4, 0.5) is 0 Å². The summed E-state index contributed by atoms with van der Waals surface area (Å²) >= 11 is 0. The number of piperazine rings is 1. The van der Waals surface area contributed by atoms with Crippen LogP contribution in [0.1, 0.15) is 5.56 Å². The van der Waals surface area contributed by atoms with Gasteiger partial charge in [-0.1, -0.05) is 30.3 Å². The molecule has 0 N–H and O–H groups in total. The van der Waals surface area contributed by atoms with Gasteiger partial charge in [0.15, 0.2) is 5.84 Å². The molecule has 0 aliphatic carbocycles. The summed E-state index contributed by atoms with van der Waals surface area (Å²) in [6.45, 7) is 4.68. The van der Waals surface area contributed by atoms with E-state index >= 15 is 0 Å². The Hall–Kier alpha value is -3.32. The Morgan fingerprint density at radius 1 is 0.933 bits per heavy atom. The predicted octanol–water partition coefficient (Wildman–Crippen LogP) is 2.80. The molecule has 0 spiro atoms. The molecule has 156 valence electrons. The normalized spacial score (nSPS) is 15.2. The van der Waals surface area contributed by atoms with Gasteiger partial charge in [-0.05, 0) is 31.3 Å². The van der Waals surface area contributed by atoms with Crippen molar-refractivity contribution >= 4 is 5.84 Å². The lowest BCUT2D eigenvalue weighted by Crippen LogP contribution is -2.42. The molecule has 2 heterocycles. The van der Waals surface area contributed by atoms with Gasteiger partial charge in [-0.3, -0.25) is 9.58 Å². The van der Waals surface area contributed by atoms with E-state index in [-0.39, 0.29) is 0 Å². The van der Waals surface area contributed by atoms with Crippen molar-refractivity contribution < 1.29 is 9.47 Å². The van der Waals surface area contributed by atoms with Gasteiger partial charge in [0, 0.05) is 38.6 Å². The molecule has 7 nitrogen and oxygen atoms in total. The van der Waals surface area contributed by atoms with Crippen molar-refractivity contribution in [2.45, 2.75) is 0 Å². The van der Waals surface area contributed by atoms with Gasteiger partial charge >= 0.3 is 0 Å². The second kappa shape index (κ2) is 9.93. The van der Waals surface area contributed by atoms with Crippen molar-refractivity contribution in [3.05, 3.63) is 78.9 Å². The van der Waals surface area contributed by atoms with Crippen molar-refractivity contribution in [2.24, 2.45) is 5.10 Å². The molecule has 0 atom stereocenters. The van der Waals surface area contributed by atoms with Crippen LogP contribution >= 0.6 is 0 Å². The van der Waals surface area contributed by atoms with Crippen molar-refractivity contribution in [1.29, 1.82) is 0 Å². The van der Waals surface area contributed by atoms with Crippen LogP contribution in [-0.2, 0) is 0 Å². The zero-order valence-corrected chi connectivity index (χ0v) is 17.2. The summed E-state index contributed by atoms with van der Waals surface area (Å²) in [4.78, 5) is 6.52. The summed E-state index contributed by atoms with van der Waals surface area (Å²) < 4.78 is 13.8. The van der Waals surface area contributed by atoms with Gasteiger partial charge < -0.3 is 14.4 Å². The fraction of sp³-hybridized carbons (Fsp3) is 0.304. The molecule has 30 heavy (non-hydrogen) atoms. The van der Waals surface area contributed by atoms with Gasteiger partial charge in [0.2, 0.25) is 0 Å². The summed E-state index contributed by atoms with van der Waals surface area (Å²) in [6.07, 6.45) is 5.44. The Morgan fingerprint density at radius 3 is 2.43 bits per heavy atom. The Balaban J connectivity index is 1.50. The molecule has 0 unspecified atom stereocenters. The first kappa shape index (κ1) is 20.0. The number of hydrogen-bond donors (Lipinski definition) is 0. The third-order valence-electron chi connectivity index (χ3n) is 4.95. The van der Waals surface area contributed by atoms with E-state index in [0.717, 1.165) is 49.1 Å². The Bertz CT molecular complexity index is 935. The maximum atomic E-state index is 6.08. The predicted molar refractivity (Wildman–Crippen MR) is 117 cm³/mol. The van der Waals surface area contributed by atoms with Crippen molar-refractivity contribution in [2.75, 3.05) is 46.4 Å². The highest BCUT2D eigenvalue weighted by Crippen LogP contribution is 2.21. The quantitative estimate of drug-likeness (QED) is 0.344. The monoisotopic (exact) mass is 405 g/mol. The molecule has 3 aromatic rings. The van der Waals surface area contributed by atoms with Gasteiger partial charge in [0.25, 0.3) is 0 Å². The van der Waals surface area contributed by atoms with E-state index in [1.54, 1.807) is 12.5 Å². The van der Waals surface area contributed by atoms with Gasteiger partial charge in [-0.2, -0.15) is 5.10 Å². The second-order valence-corrected chi connectivity index (χ2v) is 7.16. The third-order valence-corrected chi connectivity index (χ3v) is 4.95. The lowest BCUT2D eigenvalue weighted by Gasteiger charge is -2.31. The summed E-state index contributed by atoms with van der Waals surface area (Å²) in [5.74, 6) is 2.41. The Labute approximate surface area is 177 Å². The van der Waals surface area contributed by atoms with Crippen molar-refractivity contribution in [3.8, 4) is 11.5 Å². The number of aromatic nitrogens is 2. The summed E-state index contributed by atoms with van der Waals surface area (Å²) in [5.41, 5.74) is 0.925. The van der Waals surface area contributed by atoms with Crippen LogP contribution in [0.2, 0.25) is 0 Å². The zero-order chi connectivity index (χ0) is 20.6. The Morgan fingerprint density at radius 2 is 1.67 bits per heavy atom. The largest absolute Gasteiger partial charge is 0.490 e. The standard InChI is InChI=1S/C23H27N5O2/c1-26-13-15-28(16-14-26)25-23(27-12-11-24-19-27)21-9-5-6-10-22(21)30-18-17-29-20-7-3-2-4-8-20/h2-12,19H,13-18H2,1H3. The number of hydrogen-bond acceptors (Lipinski definition) is 6. The van der Waals surface area contributed by atoms with Gasteiger partial charge in [0.1, 0.15) is 31.0 Å². The molecular formula is C23H27N5O2. The number of nitrogens with zero attached hydrogens (tertiary/aromatic N) is 5. The molecule has 0 radical (unpaired) electrons. The molecule has 0 bridgehead atoms. The van der Waals surface area contributed by atoms with Crippen LogP contribution in [0, 0.1) is 0 Å². The van der Waals surface area contributed by atoms with Crippen LogP contribution < -0.4 is 9.47 Å². The number of ether oxygens (including phenoxy) is 2. The molecule has 1 saturated heterocycles. The smallest absolute Gasteiger partial charge is 0.169 e. The molecule has 0 amide bonds. The molecule has 7 heteroatoms. The second-order valence-electron chi connectivity index (χ2n) is 7.16. The molecule has 2 aromatic carbocycles. The molecule has 4 rings (SSSR count). The average Bonchev–Trinajstić information content (AvgIpc) is 3.32. The zero-order valence-electron chi connectivity index (χ0n) is 17.2. The molecule has 0 saturated carbocycles. The summed E-state index contributed by atoms with van der Waals surface area (Å²) in [7, 11) is 2.14. The fourth-order valence-electron chi connectivity index (χ4n) is 3.26. The van der Waals surface area contributed by atoms with Crippen LogP contribution in [0.3, 0.4) is 0 Å². The molecule has 1 aliphatic rings. The van der Waals surface area contributed by atoms with Gasteiger partial charge in [0.05, 0.1) is 5.56 Å². The SMILES string of the molecule is CN1CCN(N=C(c2ccccc2OCCOc2ccccc2)n2ccnc2)CC1. The highest BCUT2D eigenvalue weighted by atomic mass is 16.5. The number of imidazole rings is 1. The van der Waals surface area contributed by atoms with Crippen LogP contribution in [0.25, 0.3) is 0 Å². The number of hydrazone groups is 1. The van der Waals surface area contributed by atoms with Gasteiger partial charge in [-0.25, -0.2) is 4.98 Å². The fourth-order valence-corrected chi connectivity index (χ4v) is 3.26. The first-order valence-electron chi connectivity index (χ1n) is 10.2. The first-order valence-corrected chi connectivity index (χ1v) is 10.2. The van der Waals surface area contributed by atoms with E-state index in [9.17, 15) is 0 Å². The number of benzene rings is 2. The minimum Gasteiger partial charge on any atom is -0.490 e. The van der Waals surface area contributed by atoms with Gasteiger partial charge in [-0.15, -0.1) is 0 Å². The van der Waals surface area contributed by atoms with E-state index in [4.69, 9.17) is 14.6 Å². The maximum Gasteiger partial charge on any atom is 0.169 e. The molecular weight excluding hydrogens is 378 g/mol. The third kappa shape index (κ3) is 5.18. The average molecular weight is 406 g/mol. The van der Waals surface area contributed by atoms with E-state index in [2.05, 4.69) is 21.9 Å². The topological polar surface area (TPSA) is 55.1 Å². The van der Waals surface area contributed by atoms with Crippen LogP contribution in [-0.4, -0.2) is 71.7 Å². The van der Waals surface area contributed by atoms with Crippen molar-refractivity contribution in [3.63, 3.8) is 0 Å². The van der Waals surface area contributed by atoms with E-state index < -0.39 is 0 Å². The highest BCUT2D eigenvalue weighted by Gasteiger charge is 2.17. The molecule has 1 aromatic heterocycles. The van der Waals surface area contributed by atoms with E-state index in [0.29, 0.717) is 13.2 Å². The van der Waals surface area contributed by atoms with Crippen molar-refractivity contribution in [1.82, 2.24) is 19.5 Å². The van der Waals surface area contributed by atoms with E-state index in [1.165, 1.54) is 0 Å². The highest BCUT2D eigenvalue weighted by molar-refractivity contribution is 6.02. The lowest BCUT2D eigenvalue weighted by atomic mass is 10.2. The Kier molecular flexibility index (Phi) is 6.61. The first-order chi connectivity index (χ1) is 14.8. The minimum atomic E-state index is 0.442. The lowest BCUT2D eigenvalue weighted by molar-refractivity contribution is 0.158. The molecule has 1 fully saturated rings. The van der Waals surface area contributed by atoms with Crippen LogP contribution in [0.5, 0.6) is 11.5 Å². The summed E-state index contributed by atoms with van der Waals surface area (Å²) in [5, 5.41) is 7.07. The van der Waals surface area contributed by atoms with E-state index in [1.807, 2.05) is 65.4 Å². The number of likely N-dealkylation sites (N-methyl/N-ethyl adjacent to an activating group) is 1. The van der Waals surface area contributed by atoms with Crippen LogP contribution in [0.15, 0.2) is 78.4 Å².